The number of alkyl halides is 12. The first kappa shape index (κ1) is 46.8. The van der Waals surface area contributed by atoms with Crippen LogP contribution in [0.2, 0.25) is 0 Å². The molecule has 1 aliphatic heterocycles. The predicted molar refractivity (Wildman–Crippen MR) is 245 cm³/mol. The van der Waals surface area contributed by atoms with Crippen molar-refractivity contribution in [1.82, 2.24) is 0 Å². The molecule has 0 amide bonds. The summed E-state index contributed by atoms with van der Waals surface area (Å²) in [6.07, 6.45) is -19.6. The number of ether oxygens (including phenoxy) is 2. The maximum Gasteiger partial charge on any atom is 0.416 e. The summed E-state index contributed by atoms with van der Waals surface area (Å²) in [6.45, 7) is 0.193. The van der Waals surface area contributed by atoms with Gasteiger partial charge in [0.25, 0.3) is 0 Å². The number of halogens is 12. The molecule has 2 aliphatic rings. The summed E-state index contributed by atoms with van der Waals surface area (Å²) in [5.74, 6) is 0.295. The number of hydrogen-bond donors (Lipinski definition) is 0. The van der Waals surface area contributed by atoms with Gasteiger partial charge in [0.15, 0.2) is 0 Å². The molecule has 70 heavy (non-hydrogen) atoms. The Morgan fingerprint density at radius 3 is 1.06 bits per heavy atom. The van der Waals surface area contributed by atoms with Crippen molar-refractivity contribution in [2.75, 3.05) is 13.2 Å². The van der Waals surface area contributed by atoms with Crippen molar-refractivity contribution in [3.63, 3.8) is 0 Å². The highest BCUT2D eigenvalue weighted by molar-refractivity contribution is 6.08. The van der Waals surface area contributed by atoms with Gasteiger partial charge in [-0.1, -0.05) is 84.9 Å². The normalized spacial score (nSPS) is 14.6. The molecule has 0 saturated carbocycles. The molecule has 0 N–H and O–H groups in total. The summed E-state index contributed by atoms with van der Waals surface area (Å²) >= 11 is 0. The lowest BCUT2D eigenvalue weighted by molar-refractivity contribution is -0.144. The third kappa shape index (κ3) is 8.81. The molecule has 0 unspecified atom stereocenters. The Morgan fingerprint density at radius 2 is 0.700 bits per heavy atom. The quantitative estimate of drug-likeness (QED) is 0.161. The predicted octanol–water partition coefficient (Wildman–Crippen LogP) is 17.2. The maximum atomic E-state index is 14.6. The zero-order valence-corrected chi connectivity index (χ0v) is 36.7. The third-order valence-electron chi connectivity index (χ3n) is 13.2. The van der Waals surface area contributed by atoms with Gasteiger partial charge in [-0.25, -0.2) is 0 Å². The summed E-state index contributed by atoms with van der Waals surface area (Å²) in [5.41, 5.74) is -3.04. The molecule has 0 atom stereocenters. The molecular weight excluding hydrogens is 933 g/mol. The van der Waals surface area contributed by atoms with Crippen LogP contribution in [0.5, 0.6) is 11.5 Å². The molecule has 0 fully saturated rings. The van der Waals surface area contributed by atoms with E-state index in [4.69, 9.17) is 9.47 Å². The van der Waals surface area contributed by atoms with Gasteiger partial charge in [0.05, 0.1) is 35.5 Å². The average Bonchev–Trinajstić information content (AvgIpc) is 3.31. The van der Waals surface area contributed by atoms with Gasteiger partial charge in [-0.05, 0) is 164 Å². The summed E-state index contributed by atoms with van der Waals surface area (Å²) in [6, 6.07) is 31.4. The number of aryl methyl sites for hydroxylation is 2. The molecular formula is C56H38F12O2. The number of hydrogen-bond acceptors (Lipinski definition) is 2. The smallest absolute Gasteiger partial charge is 0.416 e. The van der Waals surface area contributed by atoms with Gasteiger partial charge in [-0.15, -0.1) is 0 Å². The molecule has 2 nitrogen and oxygen atoms in total. The molecule has 1 heterocycles. The maximum absolute atomic E-state index is 14.6. The van der Waals surface area contributed by atoms with E-state index in [-0.39, 0.29) is 95.9 Å². The molecule has 1 aliphatic carbocycles. The molecule has 0 bridgehead atoms. The van der Waals surface area contributed by atoms with Gasteiger partial charge in [0.2, 0.25) is 0 Å². The lowest BCUT2D eigenvalue weighted by Gasteiger charge is -2.28. The highest BCUT2D eigenvalue weighted by Gasteiger charge is 2.40. The van der Waals surface area contributed by atoms with Crippen LogP contribution in [0.1, 0.15) is 57.3 Å². The van der Waals surface area contributed by atoms with E-state index < -0.39 is 58.1 Å². The van der Waals surface area contributed by atoms with E-state index in [9.17, 15) is 52.7 Å². The fraction of sp³-hybridized carbons (Fsp3) is 0.214. The lowest BCUT2D eigenvalue weighted by atomic mass is 9.79. The van der Waals surface area contributed by atoms with Gasteiger partial charge in [-0.3, -0.25) is 0 Å². The lowest BCUT2D eigenvalue weighted by Crippen LogP contribution is -2.13. The fourth-order valence-electron chi connectivity index (χ4n) is 10.1. The first-order valence-corrected chi connectivity index (χ1v) is 22.4. The van der Waals surface area contributed by atoms with Crippen molar-refractivity contribution in [3.8, 4) is 56.0 Å². The van der Waals surface area contributed by atoms with Crippen molar-refractivity contribution < 1.29 is 62.2 Å². The highest BCUT2D eigenvalue weighted by Crippen LogP contribution is 2.52. The third-order valence-corrected chi connectivity index (χ3v) is 13.2. The Hall–Kier alpha value is -6.96. The van der Waals surface area contributed by atoms with E-state index in [1.165, 1.54) is 24.3 Å². The van der Waals surface area contributed by atoms with E-state index >= 15 is 0 Å². The van der Waals surface area contributed by atoms with E-state index in [1.807, 2.05) is 72.8 Å². The van der Waals surface area contributed by atoms with Crippen LogP contribution in [0.3, 0.4) is 0 Å². The van der Waals surface area contributed by atoms with Crippen LogP contribution in [0.15, 0.2) is 133 Å². The number of fused-ring (bicyclic) bond motifs is 7. The van der Waals surface area contributed by atoms with Gasteiger partial charge in [0, 0.05) is 11.1 Å². The van der Waals surface area contributed by atoms with Crippen LogP contribution in [-0.4, -0.2) is 13.2 Å². The van der Waals surface area contributed by atoms with Gasteiger partial charge >= 0.3 is 24.7 Å². The molecule has 8 aromatic carbocycles. The summed E-state index contributed by atoms with van der Waals surface area (Å²) < 4.78 is 188. The first-order chi connectivity index (χ1) is 33.2. The van der Waals surface area contributed by atoms with Crippen molar-refractivity contribution in [2.45, 2.75) is 63.2 Å². The molecule has 0 saturated heterocycles. The van der Waals surface area contributed by atoms with Gasteiger partial charge in [0.1, 0.15) is 11.5 Å². The number of benzene rings is 8. The molecule has 14 heteroatoms. The Bertz CT molecular complexity index is 3060. The largest absolute Gasteiger partial charge is 0.493 e. The summed E-state index contributed by atoms with van der Waals surface area (Å²) in [7, 11) is 0. The Labute approximate surface area is 393 Å². The van der Waals surface area contributed by atoms with Gasteiger partial charge in [-0.2, -0.15) is 52.7 Å². The SMILES string of the molecule is FC(F)(F)c1cc(-c2ccc3c4c2CCc2ccc5ccccc5c2-c2c(ccc5ccccc25)CCc2c(-c5cc(C(F)(F)F)cc(C(F)(F)F)c5)ccc(c2-4)OCCCCO3)cc(C(F)(F)F)c1. The Kier molecular flexibility index (Phi) is 11.7. The highest BCUT2D eigenvalue weighted by atomic mass is 19.4. The molecule has 0 radical (unpaired) electrons. The first-order valence-electron chi connectivity index (χ1n) is 22.4. The minimum atomic E-state index is -5.20. The zero-order chi connectivity index (χ0) is 49.3. The van der Waals surface area contributed by atoms with Gasteiger partial charge < -0.3 is 9.47 Å². The molecule has 8 aromatic rings. The molecule has 0 aromatic heterocycles. The Balaban J connectivity index is 1.37. The van der Waals surface area contributed by atoms with Crippen molar-refractivity contribution in [3.05, 3.63) is 178 Å². The van der Waals surface area contributed by atoms with Crippen LogP contribution >= 0.6 is 0 Å². The van der Waals surface area contributed by atoms with E-state index in [0.29, 0.717) is 37.1 Å². The Morgan fingerprint density at radius 1 is 0.343 bits per heavy atom. The van der Waals surface area contributed by atoms with Crippen molar-refractivity contribution in [2.24, 2.45) is 0 Å². The standard InChI is InChI=1S/C56H38F12O2/c57-53(58,59)37-25-35(26-38(29-37)54(60,61)62)41-19-21-47-51-45(41)17-15-33-13-11-31-7-1-3-9-43(31)49(33)50-34(14-12-32-8-2-4-10-44(32)50)16-18-46-42(20-22-48(52(46)51)70-24-6-5-23-69-47)36-27-39(55(63,64)65)30-40(28-36)56(66,67)68/h1-4,7-14,19-22,25-30H,5-6,15-18,23-24H2. The minimum absolute atomic E-state index is 0.0259. The second kappa shape index (κ2) is 17.5. The summed E-state index contributed by atoms with van der Waals surface area (Å²) in [5, 5.41) is 3.45. The van der Waals surface area contributed by atoms with E-state index in [0.717, 1.165) is 43.8 Å². The van der Waals surface area contributed by atoms with Crippen LogP contribution in [-0.2, 0) is 50.4 Å². The number of rotatable bonds is 2. The second-order valence-electron chi connectivity index (χ2n) is 17.6. The molecule has 0 spiro atoms. The average molecular weight is 971 g/mol. The summed E-state index contributed by atoms with van der Waals surface area (Å²) in [4.78, 5) is 0. The van der Waals surface area contributed by atoms with Crippen LogP contribution in [0.25, 0.3) is 66.1 Å². The molecule has 10 rings (SSSR count). The van der Waals surface area contributed by atoms with Crippen molar-refractivity contribution >= 4 is 21.5 Å². The van der Waals surface area contributed by atoms with Crippen LogP contribution < -0.4 is 9.47 Å². The fourth-order valence-corrected chi connectivity index (χ4v) is 10.1. The second-order valence-corrected chi connectivity index (χ2v) is 17.6. The van der Waals surface area contributed by atoms with Crippen molar-refractivity contribution in [1.29, 1.82) is 0 Å². The van der Waals surface area contributed by atoms with E-state index in [1.54, 1.807) is 0 Å². The van der Waals surface area contributed by atoms with E-state index in [2.05, 4.69) is 0 Å². The monoisotopic (exact) mass is 970 g/mol. The molecule has 358 valence electrons. The minimum Gasteiger partial charge on any atom is -0.493 e. The van der Waals surface area contributed by atoms with Crippen LogP contribution in [0, 0.1) is 0 Å². The van der Waals surface area contributed by atoms with Crippen LogP contribution in [0.4, 0.5) is 52.7 Å². The topological polar surface area (TPSA) is 18.5 Å². The zero-order valence-electron chi connectivity index (χ0n) is 36.7.